The van der Waals surface area contributed by atoms with Crippen LogP contribution in [0.1, 0.15) is 46.6 Å². The highest BCUT2D eigenvalue weighted by Gasteiger charge is 2.06. The van der Waals surface area contributed by atoms with Crippen molar-refractivity contribution >= 4 is 29.9 Å². The molecule has 0 spiro atoms. The van der Waals surface area contributed by atoms with E-state index in [1.54, 1.807) is 0 Å². The van der Waals surface area contributed by atoms with Gasteiger partial charge in [-0.25, -0.2) is 4.99 Å². The zero-order chi connectivity index (χ0) is 18.5. The van der Waals surface area contributed by atoms with Crippen LogP contribution in [0.3, 0.4) is 0 Å². The Morgan fingerprint density at radius 2 is 1.85 bits per heavy atom. The van der Waals surface area contributed by atoms with E-state index in [4.69, 9.17) is 9.73 Å². The SMILES string of the molecule is CCNC(=NCc1ccccc1OCCN(CC)CC)NC(C)CC.I. The second-order valence-electron chi connectivity index (χ2n) is 6.13. The molecule has 26 heavy (non-hydrogen) atoms. The van der Waals surface area contributed by atoms with Gasteiger partial charge in [0.1, 0.15) is 12.4 Å². The van der Waals surface area contributed by atoms with Crippen molar-refractivity contribution in [2.24, 2.45) is 4.99 Å². The molecule has 2 N–H and O–H groups in total. The molecule has 0 saturated carbocycles. The Labute approximate surface area is 177 Å². The number of halogens is 1. The number of nitrogens with one attached hydrogen (secondary N) is 2. The predicted octanol–water partition coefficient (Wildman–Crippen LogP) is 3.88. The van der Waals surface area contributed by atoms with Crippen LogP contribution in [-0.2, 0) is 6.54 Å². The minimum Gasteiger partial charge on any atom is -0.492 e. The molecule has 1 aromatic carbocycles. The minimum absolute atomic E-state index is 0. The van der Waals surface area contributed by atoms with Crippen LogP contribution in [0.2, 0.25) is 0 Å². The van der Waals surface area contributed by atoms with Crippen LogP contribution in [0.15, 0.2) is 29.3 Å². The summed E-state index contributed by atoms with van der Waals surface area (Å²) in [5.74, 6) is 1.78. The summed E-state index contributed by atoms with van der Waals surface area (Å²) in [6.45, 7) is 16.0. The Morgan fingerprint density at radius 1 is 1.15 bits per heavy atom. The monoisotopic (exact) mass is 476 g/mol. The number of ether oxygens (including phenoxy) is 1. The van der Waals surface area contributed by atoms with Gasteiger partial charge >= 0.3 is 0 Å². The number of nitrogens with zero attached hydrogens (tertiary/aromatic N) is 2. The molecule has 0 fully saturated rings. The molecular weight excluding hydrogens is 439 g/mol. The van der Waals surface area contributed by atoms with E-state index < -0.39 is 0 Å². The Hall–Kier alpha value is -1.02. The molecule has 0 radical (unpaired) electrons. The molecule has 1 atom stereocenters. The number of hydrogen-bond donors (Lipinski definition) is 2. The molecule has 1 unspecified atom stereocenters. The van der Waals surface area contributed by atoms with Crippen molar-refractivity contribution in [3.8, 4) is 5.75 Å². The maximum atomic E-state index is 6.01. The topological polar surface area (TPSA) is 48.9 Å². The van der Waals surface area contributed by atoms with Gasteiger partial charge in [-0.15, -0.1) is 24.0 Å². The van der Waals surface area contributed by atoms with E-state index in [-0.39, 0.29) is 24.0 Å². The maximum Gasteiger partial charge on any atom is 0.191 e. The Kier molecular flexibility index (Phi) is 14.5. The number of guanidine groups is 1. The lowest BCUT2D eigenvalue weighted by Gasteiger charge is -2.19. The molecule has 6 heteroatoms. The molecule has 1 aromatic rings. The lowest BCUT2D eigenvalue weighted by Crippen LogP contribution is -2.41. The summed E-state index contributed by atoms with van der Waals surface area (Å²) in [7, 11) is 0. The average molecular weight is 476 g/mol. The van der Waals surface area contributed by atoms with Gasteiger partial charge in [-0.3, -0.25) is 0 Å². The van der Waals surface area contributed by atoms with Gasteiger partial charge in [0.25, 0.3) is 0 Å². The summed E-state index contributed by atoms with van der Waals surface area (Å²) in [6, 6.07) is 8.57. The summed E-state index contributed by atoms with van der Waals surface area (Å²) >= 11 is 0. The van der Waals surface area contributed by atoms with Crippen LogP contribution < -0.4 is 15.4 Å². The summed E-state index contributed by atoms with van der Waals surface area (Å²) < 4.78 is 6.01. The van der Waals surface area contributed by atoms with E-state index in [1.165, 1.54) is 0 Å². The average Bonchev–Trinajstić information content (AvgIpc) is 2.64. The van der Waals surface area contributed by atoms with Gasteiger partial charge in [0.05, 0.1) is 6.54 Å². The largest absolute Gasteiger partial charge is 0.492 e. The maximum absolute atomic E-state index is 6.01. The smallest absolute Gasteiger partial charge is 0.191 e. The normalized spacial score (nSPS) is 12.5. The van der Waals surface area contributed by atoms with Crippen molar-refractivity contribution in [3.05, 3.63) is 29.8 Å². The third-order valence-corrected chi connectivity index (χ3v) is 4.28. The number of likely N-dealkylation sites (N-methyl/N-ethyl adjacent to an activating group) is 1. The zero-order valence-electron chi connectivity index (χ0n) is 17.0. The van der Waals surface area contributed by atoms with Gasteiger partial charge in [0.15, 0.2) is 5.96 Å². The molecule has 0 aliphatic heterocycles. The molecule has 0 saturated heterocycles. The van der Waals surface area contributed by atoms with Gasteiger partial charge in [-0.2, -0.15) is 0 Å². The van der Waals surface area contributed by atoms with E-state index in [1.807, 2.05) is 18.2 Å². The highest BCUT2D eigenvalue weighted by atomic mass is 127. The van der Waals surface area contributed by atoms with Crippen LogP contribution in [0.4, 0.5) is 0 Å². The van der Waals surface area contributed by atoms with Crippen molar-refractivity contribution < 1.29 is 4.74 Å². The predicted molar refractivity (Wildman–Crippen MR) is 123 cm³/mol. The minimum atomic E-state index is 0. The van der Waals surface area contributed by atoms with E-state index in [9.17, 15) is 0 Å². The summed E-state index contributed by atoms with van der Waals surface area (Å²) in [5, 5.41) is 6.72. The molecule has 0 aliphatic rings. The molecule has 1 rings (SSSR count). The molecule has 0 heterocycles. The lowest BCUT2D eigenvalue weighted by molar-refractivity contribution is 0.221. The fourth-order valence-corrected chi connectivity index (χ4v) is 2.42. The van der Waals surface area contributed by atoms with Gasteiger partial charge in [-0.05, 0) is 39.4 Å². The van der Waals surface area contributed by atoms with E-state index >= 15 is 0 Å². The van der Waals surface area contributed by atoms with Crippen molar-refractivity contribution in [1.29, 1.82) is 0 Å². The van der Waals surface area contributed by atoms with Crippen LogP contribution in [0.25, 0.3) is 0 Å². The first-order chi connectivity index (χ1) is 12.1. The number of para-hydroxylation sites is 1. The van der Waals surface area contributed by atoms with Crippen LogP contribution in [0.5, 0.6) is 5.75 Å². The lowest BCUT2D eigenvalue weighted by atomic mass is 10.2. The van der Waals surface area contributed by atoms with Crippen LogP contribution in [-0.4, -0.2) is 49.7 Å². The Balaban J connectivity index is 0.00000625. The first-order valence-electron chi connectivity index (χ1n) is 9.62. The molecular formula is C20H37IN4O. The Bertz CT molecular complexity index is 506. The summed E-state index contributed by atoms with van der Waals surface area (Å²) in [4.78, 5) is 7.07. The van der Waals surface area contributed by atoms with Crippen molar-refractivity contribution in [2.75, 3.05) is 32.8 Å². The van der Waals surface area contributed by atoms with Crippen LogP contribution >= 0.6 is 24.0 Å². The third-order valence-electron chi connectivity index (χ3n) is 4.28. The fourth-order valence-electron chi connectivity index (χ4n) is 2.42. The number of aliphatic imine (C=N–C) groups is 1. The van der Waals surface area contributed by atoms with E-state index in [2.05, 4.69) is 56.2 Å². The molecule has 0 aliphatic carbocycles. The standard InChI is InChI=1S/C20H36N4O.HI/c1-6-17(5)23-20(21-7-2)22-16-18-12-10-11-13-19(18)25-15-14-24(8-3)9-4;/h10-13,17H,6-9,14-16H2,1-5H3,(H2,21,22,23);1H. The van der Waals surface area contributed by atoms with Crippen molar-refractivity contribution in [3.63, 3.8) is 0 Å². The second kappa shape index (κ2) is 15.1. The molecule has 150 valence electrons. The van der Waals surface area contributed by atoms with Crippen molar-refractivity contribution in [2.45, 2.75) is 53.6 Å². The fraction of sp³-hybridized carbons (Fsp3) is 0.650. The number of rotatable bonds is 11. The quantitative estimate of drug-likeness (QED) is 0.289. The van der Waals surface area contributed by atoms with Crippen molar-refractivity contribution in [1.82, 2.24) is 15.5 Å². The van der Waals surface area contributed by atoms with E-state index in [0.717, 1.165) is 49.9 Å². The first-order valence-corrected chi connectivity index (χ1v) is 9.62. The highest BCUT2D eigenvalue weighted by Crippen LogP contribution is 2.18. The highest BCUT2D eigenvalue weighted by molar-refractivity contribution is 14.0. The number of benzene rings is 1. The molecule has 0 aromatic heterocycles. The molecule has 0 bridgehead atoms. The Morgan fingerprint density at radius 3 is 2.46 bits per heavy atom. The van der Waals surface area contributed by atoms with E-state index in [0.29, 0.717) is 19.2 Å². The zero-order valence-corrected chi connectivity index (χ0v) is 19.4. The van der Waals surface area contributed by atoms with Gasteiger partial charge < -0.3 is 20.3 Å². The second-order valence-corrected chi connectivity index (χ2v) is 6.13. The van der Waals surface area contributed by atoms with Gasteiger partial charge in [0, 0.05) is 24.7 Å². The summed E-state index contributed by atoms with van der Waals surface area (Å²) in [5.41, 5.74) is 1.11. The number of hydrogen-bond acceptors (Lipinski definition) is 3. The van der Waals surface area contributed by atoms with Gasteiger partial charge in [-0.1, -0.05) is 39.0 Å². The molecule has 5 nitrogen and oxygen atoms in total. The first kappa shape index (κ1) is 25.0. The summed E-state index contributed by atoms with van der Waals surface area (Å²) in [6.07, 6.45) is 1.06. The third kappa shape index (κ3) is 9.62. The van der Waals surface area contributed by atoms with Gasteiger partial charge in [0.2, 0.25) is 0 Å². The molecule has 0 amide bonds. The van der Waals surface area contributed by atoms with Crippen LogP contribution in [0, 0.1) is 0 Å².